The minimum atomic E-state index is 0.464. The molecule has 0 aliphatic heterocycles. The van der Waals surface area contributed by atoms with Crippen LogP contribution in [0.1, 0.15) is 17.1 Å². The Balaban J connectivity index is 2.14. The molecule has 0 aliphatic rings. The molecule has 0 saturated carbocycles. The number of benzene rings is 1. The first-order valence-electron chi connectivity index (χ1n) is 5.51. The summed E-state index contributed by atoms with van der Waals surface area (Å²) in [7, 11) is 0. The zero-order chi connectivity index (χ0) is 13.0. The molecule has 1 aromatic carbocycles. The Hall–Kier alpha value is -2.61. The summed E-state index contributed by atoms with van der Waals surface area (Å²) in [6.07, 6.45) is 1.72. The number of aromatic nitrogens is 2. The molecule has 0 saturated heterocycles. The first-order chi connectivity index (χ1) is 8.70. The Morgan fingerprint density at radius 2 is 2.22 bits per heavy atom. The van der Waals surface area contributed by atoms with Gasteiger partial charge in [-0.3, -0.25) is 0 Å². The Bertz CT molecular complexity index is 601. The van der Waals surface area contributed by atoms with Crippen molar-refractivity contribution in [1.82, 2.24) is 9.97 Å². The van der Waals surface area contributed by atoms with E-state index >= 15 is 0 Å². The number of hydrogen-bond acceptors (Lipinski definition) is 5. The minimum Gasteiger partial charge on any atom is -0.396 e. The molecule has 0 bridgehead atoms. The second kappa shape index (κ2) is 5.15. The SMILES string of the molecule is Cc1nccc(CNc2cccc(C#N)c2N)n1. The number of nitrogens with zero attached hydrogens (tertiary/aromatic N) is 3. The first kappa shape index (κ1) is 11.9. The lowest BCUT2D eigenvalue weighted by Gasteiger charge is -2.09. The molecule has 0 atom stereocenters. The number of anilines is 2. The van der Waals surface area contributed by atoms with E-state index in [2.05, 4.69) is 21.4 Å². The summed E-state index contributed by atoms with van der Waals surface area (Å²) in [6.45, 7) is 2.39. The third-order valence-corrected chi connectivity index (χ3v) is 2.52. The normalized spacial score (nSPS) is 9.78. The lowest BCUT2D eigenvalue weighted by molar-refractivity contribution is 0.955. The van der Waals surface area contributed by atoms with Crippen LogP contribution in [0.2, 0.25) is 0 Å². The van der Waals surface area contributed by atoms with Crippen molar-refractivity contribution in [2.24, 2.45) is 0 Å². The predicted octanol–water partition coefficient (Wildman–Crippen LogP) is 1.85. The Labute approximate surface area is 105 Å². The molecule has 5 nitrogen and oxygen atoms in total. The number of nitrogens with one attached hydrogen (secondary N) is 1. The Morgan fingerprint density at radius 1 is 1.39 bits per heavy atom. The molecule has 0 fully saturated rings. The Kier molecular flexibility index (Phi) is 3.39. The summed E-state index contributed by atoms with van der Waals surface area (Å²) in [6, 6.07) is 9.21. The van der Waals surface area contributed by atoms with Gasteiger partial charge in [-0.05, 0) is 25.1 Å². The van der Waals surface area contributed by atoms with Gasteiger partial charge in [0.2, 0.25) is 0 Å². The highest BCUT2D eigenvalue weighted by molar-refractivity contribution is 5.72. The third-order valence-electron chi connectivity index (χ3n) is 2.52. The van der Waals surface area contributed by atoms with Crippen LogP contribution in [0.5, 0.6) is 0 Å². The molecule has 0 radical (unpaired) electrons. The quantitative estimate of drug-likeness (QED) is 0.798. The smallest absolute Gasteiger partial charge is 0.125 e. The Morgan fingerprint density at radius 3 is 2.94 bits per heavy atom. The number of nitriles is 1. The lowest BCUT2D eigenvalue weighted by atomic mass is 10.1. The van der Waals surface area contributed by atoms with Crippen molar-refractivity contribution in [1.29, 1.82) is 5.26 Å². The van der Waals surface area contributed by atoms with Crippen LogP contribution in [0.4, 0.5) is 11.4 Å². The molecule has 5 heteroatoms. The molecule has 0 unspecified atom stereocenters. The van der Waals surface area contributed by atoms with Crippen molar-refractivity contribution < 1.29 is 0 Å². The molecule has 90 valence electrons. The van der Waals surface area contributed by atoms with Gasteiger partial charge in [-0.25, -0.2) is 9.97 Å². The van der Waals surface area contributed by atoms with E-state index in [1.54, 1.807) is 18.3 Å². The van der Waals surface area contributed by atoms with Gasteiger partial charge in [-0.2, -0.15) is 5.26 Å². The predicted molar refractivity (Wildman–Crippen MR) is 69.7 cm³/mol. The second-order valence-electron chi connectivity index (χ2n) is 3.83. The van der Waals surface area contributed by atoms with Crippen LogP contribution in [-0.2, 0) is 6.54 Å². The zero-order valence-electron chi connectivity index (χ0n) is 10.0. The first-order valence-corrected chi connectivity index (χ1v) is 5.51. The number of aryl methyl sites for hydroxylation is 1. The molecule has 2 aromatic rings. The van der Waals surface area contributed by atoms with Gasteiger partial charge in [0.1, 0.15) is 11.9 Å². The number of nitrogens with two attached hydrogens (primary N) is 1. The number of para-hydroxylation sites is 1. The van der Waals surface area contributed by atoms with Crippen molar-refractivity contribution in [2.45, 2.75) is 13.5 Å². The highest BCUT2D eigenvalue weighted by Crippen LogP contribution is 2.22. The van der Waals surface area contributed by atoms with E-state index in [1.165, 1.54) is 0 Å². The maximum Gasteiger partial charge on any atom is 0.125 e. The van der Waals surface area contributed by atoms with Crippen LogP contribution in [0.3, 0.4) is 0 Å². The van der Waals surface area contributed by atoms with Crippen molar-refractivity contribution in [2.75, 3.05) is 11.1 Å². The summed E-state index contributed by atoms with van der Waals surface area (Å²) in [4.78, 5) is 8.31. The fourth-order valence-electron chi connectivity index (χ4n) is 1.61. The van der Waals surface area contributed by atoms with Crippen molar-refractivity contribution in [3.8, 4) is 6.07 Å². The van der Waals surface area contributed by atoms with E-state index in [1.807, 2.05) is 19.1 Å². The molecule has 0 spiro atoms. The van der Waals surface area contributed by atoms with Gasteiger partial charge >= 0.3 is 0 Å². The number of hydrogen-bond donors (Lipinski definition) is 2. The van der Waals surface area contributed by atoms with Gasteiger partial charge < -0.3 is 11.1 Å². The van der Waals surface area contributed by atoms with E-state index in [-0.39, 0.29) is 0 Å². The van der Waals surface area contributed by atoms with E-state index in [0.717, 1.165) is 17.2 Å². The molecule has 2 rings (SSSR count). The minimum absolute atomic E-state index is 0.464. The van der Waals surface area contributed by atoms with Crippen LogP contribution in [0, 0.1) is 18.3 Å². The van der Waals surface area contributed by atoms with Crippen LogP contribution in [0.25, 0.3) is 0 Å². The number of nitrogen functional groups attached to an aromatic ring is 1. The van der Waals surface area contributed by atoms with E-state index in [9.17, 15) is 0 Å². The third kappa shape index (κ3) is 2.55. The standard InChI is InChI=1S/C13H13N5/c1-9-16-6-5-11(18-9)8-17-12-4-2-3-10(7-14)13(12)15/h2-6,17H,8,15H2,1H3. The van der Waals surface area contributed by atoms with E-state index in [4.69, 9.17) is 11.0 Å². The van der Waals surface area contributed by atoms with Crippen LogP contribution in [0.15, 0.2) is 30.5 Å². The molecule has 1 aromatic heterocycles. The van der Waals surface area contributed by atoms with Gasteiger partial charge in [-0.1, -0.05) is 6.07 Å². The van der Waals surface area contributed by atoms with Gasteiger partial charge in [0, 0.05) is 6.20 Å². The number of rotatable bonds is 3. The van der Waals surface area contributed by atoms with E-state index < -0.39 is 0 Å². The summed E-state index contributed by atoms with van der Waals surface area (Å²) in [5.41, 5.74) is 8.42. The summed E-state index contributed by atoms with van der Waals surface area (Å²) in [5, 5.41) is 12.1. The molecule has 1 heterocycles. The summed E-state index contributed by atoms with van der Waals surface area (Å²) < 4.78 is 0. The van der Waals surface area contributed by atoms with Crippen molar-refractivity contribution in [3.05, 3.63) is 47.5 Å². The highest BCUT2D eigenvalue weighted by Gasteiger charge is 2.04. The molecular weight excluding hydrogens is 226 g/mol. The molecule has 3 N–H and O–H groups in total. The highest BCUT2D eigenvalue weighted by atomic mass is 14.9. The van der Waals surface area contributed by atoms with Crippen LogP contribution < -0.4 is 11.1 Å². The zero-order valence-corrected chi connectivity index (χ0v) is 10.0. The van der Waals surface area contributed by atoms with Crippen LogP contribution in [-0.4, -0.2) is 9.97 Å². The maximum absolute atomic E-state index is 8.89. The molecule has 0 amide bonds. The average molecular weight is 239 g/mol. The fraction of sp³-hybridized carbons (Fsp3) is 0.154. The van der Waals surface area contributed by atoms with Crippen molar-refractivity contribution >= 4 is 11.4 Å². The van der Waals surface area contributed by atoms with Gasteiger partial charge in [0.25, 0.3) is 0 Å². The van der Waals surface area contributed by atoms with Gasteiger partial charge in [0.05, 0.1) is 29.2 Å². The topological polar surface area (TPSA) is 87.6 Å². The molecular formula is C13H13N5. The summed E-state index contributed by atoms with van der Waals surface area (Å²) >= 11 is 0. The van der Waals surface area contributed by atoms with Gasteiger partial charge in [-0.15, -0.1) is 0 Å². The molecule has 18 heavy (non-hydrogen) atoms. The summed E-state index contributed by atoms with van der Waals surface area (Å²) in [5.74, 6) is 0.730. The monoisotopic (exact) mass is 239 g/mol. The largest absolute Gasteiger partial charge is 0.396 e. The van der Waals surface area contributed by atoms with Crippen molar-refractivity contribution in [3.63, 3.8) is 0 Å². The van der Waals surface area contributed by atoms with Crippen LogP contribution >= 0.6 is 0 Å². The fourth-order valence-corrected chi connectivity index (χ4v) is 1.61. The molecule has 0 aliphatic carbocycles. The average Bonchev–Trinajstić information content (AvgIpc) is 2.38. The van der Waals surface area contributed by atoms with E-state index in [0.29, 0.717) is 17.8 Å². The maximum atomic E-state index is 8.89. The van der Waals surface area contributed by atoms with Gasteiger partial charge in [0.15, 0.2) is 0 Å². The lowest BCUT2D eigenvalue weighted by Crippen LogP contribution is -2.06. The second-order valence-corrected chi connectivity index (χ2v) is 3.83.